The molecule has 0 fully saturated rings. The molecule has 1 aromatic carbocycles. The van der Waals surface area contributed by atoms with E-state index in [9.17, 15) is 28.4 Å². The first-order valence-corrected chi connectivity index (χ1v) is 4.27. The molecule has 0 aliphatic rings. The predicted molar refractivity (Wildman–Crippen MR) is 47.5 cm³/mol. The molecule has 1 aromatic heterocycles. The van der Waals surface area contributed by atoms with E-state index in [1.165, 1.54) is 0 Å². The maximum absolute atomic E-state index is 12.4. The van der Waals surface area contributed by atoms with Gasteiger partial charge in [0.05, 0.1) is 5.56 Å². The maximum Gasteiger partial charge on any atom is 1.00 e. The molecule has 0 bridgehead atoms. The smallest absolute Gasteiger partial charge is 0.707 e. The van der Waals surface area contributed by atoms with Gasteiger partial charge in [0.15, 0.2) is 0 Å². The Bertz CT molecular complexity index is 656. The van der Waals surface area contributed by atoms with Crippen molar-refractivity contribution in [3.8, 4) is 0 Å². The number of rotatable bonds is 0. The molecule has 0 saturated carbocycles. The van der Waals surface area contributed by atoms with Gasteiger partial charge in [-0.15, -0.1) is 0 Å². The molecule has 0 radical (unpaired) electrons. The van der Waals surface area contributed by atoms with Crippen molar-refractivity contribution in [2.75, 3.05) is 0 Å². The number of halogens is 3. The average molecular weight is 270 g/mol. The third-order valence-corrected chi connectivity index (χ3v) is 2.12. The van der Waals surface area contributed by atoms with E-state index in [4.69, 9.17) is 0 Å². The van der Waals surface area contributed by atoms with Crippen molar-refractivity contribution in [3.05, 3.63) is 44.7 Å². The number of alkyl halides is 3. The summed E-state index contributed by atoms with van der Waals surface area (Å²) in [5.41, 5.74) is -3.33. The number of hydrogen-bond acceptors (Lipinski definition) is 3. The van der Waals surface area contributed by atoms with Crippen LogP contribution in [0.1, 0.15) is 5.56 Å². The monoisotopic (exact) mass is 270 g/mol. The zero-order valence-corrected chi connectivity index (χ0v) is 11.0. The molecule has 0 saturated heterocycles. The number of aromatic nitrogens is 3. The minimum Gasteiger partial charge on any atom is -0.707 e. The van der Waals surface area contributed by atoms with Crippen LogP contribution >= 0.6 is 0 Å². The van der Waals surface area contributed by atoms with Crippen LogP contribution in [0.15, 0.2) is 23.0 Å². The van der Waals surface area contributed by atoms with E-state index in [0.29, 0.717) is 12.1 Å². The van der Waals surface area contributed by atoms with Gasteiger partial charge >= 0.3 is 46.9 Å². The van der Waals surface area contributed by atoms with Crippen molar-refractivity contribution in [2.24, 2.45) is 0 Å². The topological polar surface area (TPSA) is 86.7 Å². The number of aromatic amines is 1. The van der Waals surface area contributed by atoms with Crippen LogP contribution in [-0.2, 0) is 6.18 Å². The Kier molecular flexibility index (Phi) is 3.89. The molecule has 18 heavy (non-hydrogen) atoms. The average Bonchev–Trinajstić information content (AvgIpc) is 2.24. The molecule has 0 aliphatic carbocycles. The van der Waals surface area contributed by atoms with E-state index in [-0.39, 0.29) is 39.1 Å². The second-order valence-electron chi connectivity index (χ2n) is 3.21. The fourth-order valence-electron chi connectivity index (χ4n) is 1.34. The van der Waals surface area contributed by atoms with E-state index in [1.807, 2.05) is 0 Å². The first-order valence-electron chi connectivity index (χ1n) is 4.27. The van der Waals surface area contributed by atoms with Gasteiger partial charge in [0.25, 0.3) is 0 Å². The Hall–Kier alpha value is -1.32. The zero-order chi connectivity index (χ0) is 12.8. The van der Waals surface area contributed by atoms with Gasteiger partial charge in [-0.3, -0.25) is 0 Å². The molecular formula is C8H4F3N3NaO3+. The Morgan fingerprint density at radius 3 is 2.33 bits per heavy atom. The zero-order valence-electron chi connectivity index (χ0n) is 8.99. The summed E-state index contributed by atoms with van der Waals surface area (Å²) in [6.07, 6.45) is -4.63. The standard InChI is InChI=1S/C8H4F3N3O3.Na/c9-8(10,11)4-1-2-5-6(3-4)14(17)12-7(15)13(5)16;/h1-3H,(H,12,15);/q;+1. The number of fused-ring (bicyclic) bond motifs is 1. The van der Waals surface area contributed by atoms with E-state index in [1.54, 1.807) is 5.10 Å². The summed E-state index contributed by atoms with van der Waals surface area (Å²) in [6, 6.07) is 1.89. The minimum absolute atomic E-state index is 0. The van der Waals surface area contributed by atoms with Gasteiger partial charge in [-0.2, -0.15) is 22.7 Å². The second kappa shape index (κ2) is 4.75. The SMILES string of the molecule is O=c1[nH][n+]([O-])c2cc(C(F)(F)F)ccc2[n+]1[O-].[Na+]. The van der Waals surface area contributed by atoms with Crippen LogP contribution in [0.2, 0.25) is 0 Å². The number of benzene rings is 1. The Morgan fingerprint density at radius 2 is 1.78 bits per heavy atom. The first kappa shape index (κ1) is 14.7. The Balaban J connectivity index is 0.00000162. The quantitative estimate of drug-likeness (QED) is 0.311. The summed E-state index contributed by atoms with van der Waals surface area (Å²) in [5, 5.41) is 23.9. The van der Waals surface area contributed by atoms with Crippen molar-refractivity contribution in [3.63, 3.8) is 0 Å². The molecular weight excluding hydrogens is 266 g/mol. The Labute approximate surface area is 119 Å². The van der Waals surface area contributed by atoms with Gasteiger partial charge in [0.1, 0.15) is 0 Å². The van der Waals surface area contributed by atoms with Crippen molar-refractivity contribution in [2.45, 2.75) is 6.18 Å². The van der Waals surface area contributed by atoms with E-state index in [2.05, 4.69) is 0 Å². The molecule has 0 unspecified atom stereocenters. The van der Waals surface area contributed by atoms with E-state index >= 15 is 0 Å². The number of nitrogens with one attached hydrogen (secondary N) is 1. The number of H-pyrrole nitrogens is 1. The van der Waals surface area contributed by atoms with Crippen LogP contribution < -0.4 is 44.8 Å². The fraction of sp³-hybridized carbons (Fsp3) is 0.125. The fourth-order valence-corrected chi connectivity index (χ4v) is 1.34. The van der Waals surface area contributed by atoms with Gasteiger partial charge in [0, 0.05) is 16.0 Å². The number of nitrogens with zero attached hydrogens (tertiary/aromatic N) is 2. The van der Waals surface area contributed by atoms with Crippen LogP contribution in [-0.4, -0.2) is 5.10 Å². The third-order valence-electron chi connectivity index (χ3n) is 2.12. The normalized spacial score (nSPS) is 11.3. The number of hydrogen-bond donors (Lipinski definition) is 1. The van der Waals surface area contributed by atoms with E-state index in [0.717, 1.165) is 6.07 Å². The molecule has 0 spiro atoms. The van der Waals surface area contributed by atoms with Crippen LogP contribution in [0.4, 0.5) is 13.2 Å². The Morgan fingerprint density at radius 1 is 1.17 bits per heavy atom. The molecule has 1 N–H and O–H groups in total. The second-order valence-corrected chi connectivity index (χ2v) is 3.21. The molecule has 2 aromatic rings. The third kappa shape index (κ3) is 2.42. The van der Waals surface area contributed by atoms with Crippen LogP contribution in [0.25, 0.3) is 11.0 Å². The molecule has 1 heterocycles. The van der Waals surface area contributed by atoms with Gasteiger partial charge in [-0.05, 0) is 12.1 Å². The molecule has 10 heteroatoms. The van der Waals surface area contributed by atoms with Gasteiger partial charge < -0.3 is 10.4 Å². The summed E-state index contributed by atoms with van der Waals surface area (Å²) >= 11 is 0. The molecule has 0 aliphatic heterocycles. The predicted octanol–water partition coefficient (Wildman–Crippen LogP) is -3.18. The summed E-state index contributed by atoms with van der Waals surface area (Å²) in [6.45, 7) is 0. The molecule has 2 rings (SSSR count). The summed E-state index contributed by atoms with van der Waals surface area (Å²) in [5.74, 6) is 0. The summed E-state index contributed by atoms with van der Waals surface area (Å²) in [7, 11) is 0. The van der Waals surface area contributed by atoms with Gasteiger partial charge in [-0.25, -0.2) is 0 Å². The van der Waals surface area contributed by atoms with Gasteiger partial charge in [0.2, 0.25) is 5.52 Å². The van der Waals surface area contributed by atoms with Crippen molar-refractivity contribution >= 4 is 11.0 Å². The molecule has 0 amide bonds. The van der Waals surface area contributed by atoms with E-state index < -0.39 is 28.5 Å². The molecule has 6 nitrogen and oxygen atoms in total. The minimum atomic E-state index is -4.63. The van der Waals surface area contributed by atoms with Crippen LogP contribution in [0.3, 0.4) is 0 Å². The van der Waals surface area contributed by atoms with Crippen molar-refractivity contribution < 1.29 is 52.3 Å². The van der Waals surface area contributed by atoms with Crippen LogP contribution in [0.5, 0.6) is 0 Å². The molecule has 0 atom stereocenters. The summed E-state index contributed by atoms with van der Waals surface area (Å²) < 4.78 is 36.9. The van der Waals surface area contributed by atoms with Gasteiger partial charge in [-0.1, -0.05) is 0 Å². The first-order chi connectivity index (χ1) is 7.80. The summed E-state index contributed by atoms with van der Waals surface area (Å²) in [4.78, 5) is 10.7. The largest absolute Gasteiger partial charge is 1.00 e. The van der Waals surface area contributed by atoms with Crippen molar-refractivity contribution in [1.29, 1.82) is 0 Å². The molecule has 90 valence electrons. The van der Waals surface area contributed by atoms with Crippen molar-refractivity contribution in [1.82, 2.24) is 5.10 Å². The maximum atomic E-state index is 12.4. The van der Waals surface area contributed by atoms with Crippen LogP contribution in [0, 0.1) is 10.4 Å².